The number of aliphatic carboxylic acids is 1. The Bertz CT molecular complexity index is 753. The predicted octanol–water partition coefficient (Wildman–Crippen LogP) is 2.33. The minimum absolute atomic E-state index is 0.180. The van der Waals surface area contributed by atoms with Crippen molar-refractivity contribution in [2.45, 2.75) is 16.1 Å². The SMILES string of the molecule is O=C(O)C1C(S(=O)(=O)c2ccccc2)[C@@H]1c1ccccc1. The van der Waals surface area contributed by atoms with Gasteiger partial charge < -0.3 is 5.11 Å². The van der Waals surface area contributed by atoms with Crippen molar-refractivity contribution in [3.8, 4) is 0 Å². The van der Waals surface area contributed by atoms with Crippen LogP contribution in [0.1, 0.15) is 11.5 Å². The second-order valence-corrected chi connectivity index (χ2v) is 7.23. The van der Waals surface area contributed by atoms with Crippen LogP contribution in [-0.4, -0.2) is 24.7 Å². The van der Waals surface area contributed by atoms with E-state index in [2.05, 4.69) is 0 Å². The van der Waals surface area contributed by atoms with Gasteiger partial charge in [-0.25, -0.2) is 8.42 Å². The van der Waals surface area contributed by atoms with Gasteiger partial charge in [-0.3, -0.25) is 4.79 Å². The first-order valence-corrected chi connectivity index (χ1v) is 8.15. The van der Waals surface area contributed by atoms with Crippen LogP contribution in [0.25, 0.3) is 0 Å². The van der Waals surface area contributed by atoms with E-state index in [0.717, 1.165) is 5.56 Å². The van der Waals surface area contributed by atoms with Gasteiger partial charge in [-0.05, 0) is 17.7 Å². The molecule has 1 aliphatic carbocycles. The second kappa shape index (κ2) is 5.00. The van der Waals surface area contributed by atoms with E-state index in [1.54, 1.807) is 42.5 Å². The molecular formula is C16H14O4S. The summed E-state index contributed by atoms with van der Waals surface area (Å²) in [6.45, 7) is 0. The first kappa shape index (κ1) is 13.8. The number of hydrogen-bond donors (Lipinski definition) is 1. The number of carboxylic acid groups (broad SMARTS) is 1. The molecule has 21 heavy (non-hydrogen) atoms. The van der Waals surface area contributed by atoms with Gasteiger partial charge in [0.2, 0.25) is 0 Å². The van der Waals surface area contributed by atoms with E-state index in [1.165, 1.54) is 12.1 Å². The smallest absolute Gasteiger partial charge is 0.308 e. The zero-order valence-electron chi connectivity index (χ0n) is 11.1. The standard InChI is InChI=1S/C16H14O4S/c17-16(18)14-13(11-7-3-1-4-8-11)15(14)21(19,20)12-9-5-2-6-10-12/h1-10,13-15H,(H,17,18)/t13-,14?,15?/m1/s1. The molecule has 0 radical (unpaired) electrons. The molecule has 2 aromatic carbocycles. The topological polar surface area (TPSA) is 71.4 Å². The number of rotatable bonds is 4. The summed E-state index contributed by atoms with van der Waals surface area (Å²) < 4.78 is 25.3. The molecule has 0 saturated heterocycles. The molecule has 0 spiro atoms. The van der Waals surface area contributed by atoms with Crippen LogP contribution in [-0.2, 0) is 14.6 Å². The normalized spacial score (nSPS) is 24.5. The summed E-state index contributed by atoms with van der Waals surface area (Å²) in [5.74, 6) is -2.42. The molecule has 4 nitrogen and oxygen atoms in total. The van der Waals surface area contributed by atoms with Crippen LogP contribution in [0.2, 0.25) is 0 Å². The molecule has 3 atom stereocenters. The molecule has 0 aliphatic heterocycles. The number of carbonyl (C=O) groups is 1. The molecule has 0 heterocycles. The third-order valence-corrected chi connectivity index (χ3v) is 6.09. The molecule has 108 valence electrons. The Morgan fingerprint density at radius 3 is 1.95 bits per heavy atom. The third-order valence-electron chi connectivity index (χ3n) is 3.85. The van der Waals surface area contributed by atoms with E-state index in [9.17, 15) is 18.3 Å². The maximum absolute atomic E-state index is 12.6. The summed E-state index contributed by atoms with van der Waals surface area (Å²) in [5.41, 5.74) is 0.759. The summed E-state index contributed by atoms with van der Waals surface area (Å²) >= 11 is 0. The van der Waals surface area contributed by atoms with Gasteiger partial charge in [0.25, 0.3) is 0 Å². The lowest BCUT2D eigenvalue weighted by Crippen LogP contribution is -2.13. The van der Waals surface area contributed by atoms with Gasteiger partial charge in [-0.1, -0.05) is 48.5 Å². The van der Waals surface area contributed by atoms with E-state index in [0.29, 0.717) is 0 Å². The first-order valence-electron chi connectivity index (χ1n) is 6.60. The highest BCUT2D eigenvalue weighted by Crippen LogP contribution is 2.54. The molecule has 0 bridgehead atoms. The zero-order valence-corrected chi connectivity index (χ0v) is 11.9. The lowest BCUT2D eigenvalue weighted by molar-refractivity contribution is -0.138. The van der Waals surface area contributed by atoms with E-state index >= 15 is 0 Å². The van der Waals surface area contributed by atoms with E-state index in [-0.39, 0.29) is 4.90 Å². The molecule has 1 fully saturated rings. The lowest BCUT2D eigenvalue weighted by atomic mass is 10.1. The number of sulfone groups is 1. The fourth-order valence-corrected chi connectivity index (χ4v) is 4.95. The van der Waals surface area contributed by atoms with Crippen LogP contribution < -0.4 is 0 Å². The Labute approximate surface area is 123 Å². The molecule has 2 unspecified atom stereocenters. The molecule has 1 N–H and O–H groups in total. The van der Waals surface area contributed by atoms with Gasteiger partial charge in [0.1, 0.15) is 0 Å². The molecule has 0 aromatic heterocycles. The van der Waals surface area contributed by atoms with Gasteiger partial charge in [0, 0.05) is 5.92 Å². The highest BCUT2D eigenvalue weighted by Gasteiger charge is 2.62. The van der Waals surface area contributed by atoms with Crippen LogP contribution in [0, 0.1) is 5.92 Å². The maximum Gasteiger partial charge on any atom is 0.308 e. The minimum Gasteiger partial charge on any atom is -0.481 e. The molecule has 2 aromatic rings. The fraction of sp³-hybridized carbons (Fsp3) is 0.188. The average Bonchev–Trinajstić information content (AvgIpc) is 3.26. The molecule has 3 rings (SSSR count). The molecular weight excluding hydrogens is 288 g/mol. The number of hydrogen-bond acceptors (Lipinski definition) is 3. The Morgan fingerprint density at radius 2 is 1.43 bits per heavy atom. The van der Waals surface area contributed by atoms with Crippen molar-refractivity contribution >= 4 is 15.8 Å². The predicted molar refractivity (Wildman–Crippen MR) is 77.7 cm³/mol. The highest BCUT2D eigenvalue weighted by molar-refractivity contribution is 7.92. The monoisotopic (exact) mass is 302 g/mol. The Kier molecular flexibility index (Phi) is 3.29. The van der Waals surface area contributed by atoms with Crippen molar-refractivity contribution in [1.29, 1.82) is 0 Å². The van der Waals surface area contributed by atoms with E-state index < -0.39 is 32.9 Å². The van der Waals surface area contributed by atoms with Gasteiger partial charge in [0.05, 0.1) is 16.1 Å². The average molecular weight is 302 g/mol. The quantitative estimate of drug-likeness (QED) is 0.941. The summed E-state index contributed by atoms with van der Waals surface area (Å²) in [4.78, 5) is 11.5. The van der Waals surface area contributed by atoms with Gasteiger partial charge in [-0.15, -0.1) is 0 Å². The molecule has 1 aliphatic rings. The van der Waals surface area contributed by atoms with E-state index in [4.69, 9.17) is 0 Å². The summed E-state index contributed by atoms with van der Waals surface area (Å²) in [6, 6.07) is 17.0. The van der Waals surface area contributed by atoms with Gasteiger partial charge in [0.15, 0.2) is 9.84 Å². The van der Waals surface area contributed by atoms with Crippen molar-refractivity contribution < 1.29 is 18.3 Å². The second-order valence-electron chi connectivity index (χ2n) is 5.12. The van der Waals surface area contributed by atoms with E-state index in [1.807, 2.05) is 6.07 Å². The molecule has 0 amide bonds. The highest BCUT2D eigenvalue weighted by atomic mass is 32.2. The fourth-order valence-electron chi connectivity index (χ4n) is 2.80. The van der Waals surface area contributed by atoms with Crippen molar-refractivity contribution in [3.63, 3.8) is 0 Å². The molecule has 1 saturated carbocycles. The summed E-state index contributed by atoms with van der Waals surface area (Å²) in [5, 5.41) is 8.41. The number of carboxylic acids is 1. The third kappa shape index (κ3) is 2.34. The number of benzene rings is 2. The minimum atomic E-state index is -3.64. The van der Waals surface area contributed by atoms with Crippen LogP contribution in [0.4, 0.5) is 0 Å². The van der Waals surface area contributed by atoms with Crippen LogP contribution >= 0.6 is 0 Å². The van der Waals surface area contributed by atoms with Gasteiger partial charge >= 0.3 is 5.97 Å². The lowest BCUT2D eigenvalue weighted by Gasteiger charge is -2.03. The largest absolute Gasteiger partial charge is 0.481 e. The zero-order chi connectivity index (χ0) is 15.0. The van der Waals surface area contributed by atoms with Crippen LogP contribution in [0.15, 0.2) is 65.6 Å². The van der Waals surface area contributed by atoms with Crippen LogP contribution in [0.3, 0.4) is 0 Å². The van der Waals surface area contributed by atoms with Gasteiger partial charge in [-0.2, -0.15) is 0 Å². The Morgan fingerprint density at radius 1 is 0.905 bits per heavy atom. The Balaban J connectivity index is 2.00. The maximum atomic E-state index is 12.6. The summed E-state index contributed by atoms with van der Waals surface area (Å²) in [6.07, 6.45) is 0. The molecule has 5 heteroatoms. The van der Waals surface area contributed by atoms with Crippen molar-refractivity contribution in [2.75, 3.05) is 0 Å². The van der Waals surface area contributed by atoms with Crippen LogP contribution in [0.5, 0.6) is 0 Å². The van der Waals surface area contributed by atoms with Crippen molar-refractivity contribution in [1.82, 2.24) is 0 Å². The van der Waals surface area contributed by atoms with Crippen molar-refractivity contribution in [3.05, 3.63) is 66.2 Å². The Hall–Kier alpha value is -2.14. The first-order chi connectivity index (χ1) is 10.0. The summed E-state index contributed by atoms with van der Waals surface area (Å²) in [7, 11) is -3.64. The van der Waals surface area contributed by atoms with Crippen molar-refractivity contribution in [2.24, 2.45) is 5.92 Å².